The topological polar surface area (TPSA) is 113 Å². The molecule has 0 bridgehead atoms. The number of carbonyl (C=O) groups is 4. The third-order valence-electron chi connectivity index (χ3n) is 3.95. The molecule has 0 aliphatic carbocycles. The summed E-state index contributed by atoms with van der Waals surface area (Å²) in [6.45, 7) is 0. The molecule has 8 nitrogen and oxygen atoms in total. The van der Waals surface area contributed by atoms with Gasteiger partial charge in [0.1, 0.15) is 16.9 Å². The fourth-order valence-electron chi connectivity index (χ4n) is 2.63. The predicted octanol–water partition coefficient (Wildman–Crippen LogP) is 2.82. The van der Waals surface area contributed by atoms with Gasteiger partial charge in [0.05, 0.1) is 12.8 Å². The minimum atomic E-state index is -1.22. The highest BCUT2D eigenvalue weighted by Crippen LogP contribution is 2.25. The van der Waals surface area contributed by atoms with Crippen LogP contribution in [0.4, 0.5) is 10.5 Å². The third-order valence-corrected chi connectivity index (χ3v) is 4.48. The SMILES string of the molecule is COc1ccc(/C=C2/C(=O)NC(=O)N(c3ccc(Br)cc3)C2=O)cc1C(=O)O. The van der Waals surface area contributed by atoms with E-state index < -0.39 is 23.8 Å². The summed E-state index contributed by atoms with van der Waals surface area (Å²) in [4.78, 5) is 49.4. The molecule has 0 radical (unpaired) electrons. The van der Waals surface area contributed by atoms with Crippen LogP contribution < -0.4 is 15.0 Å². The first kappa shape index (κ1) is 19.3. The Kier molecular flexibility index (Phi) is 5.27. The highest BCUT2D eigenvalue weighted by molar-refractivity contribution is 9.10. The van der Waals surface area contributed by atoms with Gasteiger partial charge in [0.25, 0.3) is 11.8 Å². The third kappa shape index (κ3) is 3.65. The molecule has 1 aliphatic heterocycles. The number of barbiturate groups is 1. The predicted molar refractivity (Wildman–Crippen MR) is 103 cm³/mol. The molecule has 9 heteroatoms. The first-order chi connectivity index (χ1) is 13.3. The smallest absolute Gasteiger partial charge is 0.339 e. The highest BCUT2D eigenvalue weighted by atomic mass is 79.9. The maximum absolute atomic E-state index is 12.8. The summed E-state index contributed by atoms with van der Waals surface area (Å²) in [6.07, 6.45) is 1.22. The van der Waals surface area contributed by atoms with E-state index in [0.717, 1.165) is 9.37 Å². The standard InChI is InChI=1S/C19H13BrN2O6/c1-28-15-7-2-10(8-13(15)18(25)26)9-14-16(23)21-19(27)22(17(14)24)12-5-3-11(20)4-6-12/h2-9H,1H3,(H,25,26)(H,21,23,27)/b14-9-. The fraction of sp³-hybridized carbons (Fsp3) is 0.0526. The Morgan fingerprint density at radius 2 is 1.82 bits per heavy atom. The monoisotopic (exact) mass is 444 g/mol. The number of imide groups is 2. The van der Waals surface area contributed by atoms with Gasteiger partial charge in [-0.05, 0) is 48.0 Å². The number of rotatable bonds is 4. The minimum Gasteiger partial charge on any atom is -0.496 e. The van der Waals surface area contributed by atoms with Crippen LogP contribution in [-0.4, -0.2) is 36.0 Å². The van der Waals surface area contributed by atoms with E-state index in [9.17, 15) is 24.3 Å². The van der Waals surface area contributed by atoms with Crippen molar-refractivity contribution in [1.82, 2.24) is 5.32 Å². The van der Waals surface area contributed by atoms with Gasteiger partial charge in [-0.2, -0.15) is 0 Å². The molecule has 1 heterocycles. The number of benzene rings is 2. The lowest BCUT2D eigenvalue weighted by Gasteiger charge is -2.26. The summed E-state index contributed by atoms with van der Waals surface area (Å²) in [5.74, 6) is -2.76. The Labute approximate surface area is 167 Å². The summed E-state index contributed by atoms with van der Waals surface area (Å²) in [7, 11) is 1.33. The van der Waals surface area contributed by atoms with Gasteiger partial charge in [-0.3, -0.25) is 14.9 Å². The Bertz CT molecular complexity index is 1030. The minimum absolute atomic E-state index is 0.124. The second kappa shape index (κ2) is 7.65. The largest absolute Gasteiger partial charge is 0.496 e. The normalized spacial score (nSPS) is 15.6. The van der Waals surface area contributed by atoms with Crippen molar-refractivity contribution in [2.45, 2.75) is 0 Å². The van der Waals surface area contributed by atoms with Gasteiger partial charge < -0.3 is 9.84 Å². The molecular formula is C19H13BrN2O6. The van der Waals surface area contributed by atoms with Crippen molar-refractivity contribution in [2.24, 2.45) is 0 Å². The number of amides is 4. The number of anilines is 1. The molecule has 2 N–H and O–H groups in total. The molecule has 0 saturated carbocycles. The molecule has 1 saturated heterocycles. The molecule has 3 rings (SSSR count). The van der Waals surface area contributed by atoms with Gasteiger partial charge >= 0.3 is 12.0 Å². The van der Waals surface area contributed by atoms with Gasteiger partial charge in [-0.25, -0.2) is 14.5 Å². The number of carbonyl (C=O) groups excluding carboxylic acids is 3. The molecule has 4 amide bonds. The summed E-state index contributed by atoms with van der Waals surface area (Å²) in [5.41, 5.74) is 0.150. The summed E-state index contributed by atoms with van der Waals surface area (Å²) in [5, 5.41) is 11.4. The second-order valence-corrected chi connectivity index (χ2v) is 6.61. The van der Waals surface area contributed by atoms with Crippen LogP contribution >= 0.6 is 15.9 Å². The number of hydrogen-bond donors (Lipinski definition) is 2. The number of nitrogens with zero attached hydrogens (tertiary/aromatic N) is 1. The molecule has 0 atom stereocenters. The van der Waals surface area contributed by atoms with Crippen LogP contribution in [0.3, 0.4) is 0 Å². The second-order valence-electron chi connectivity index (χ2n) is 5.70. The zero-order chi connectivity index (χ0) is 20.4. The molecule has 28 heavy (non-hydrogen) atoms. The average Bonchev–Trinajstić information content (AvgIpc) is 2.66. The fourth-order valence-corrected chi connectivity index (χ4v) is 2.90. The van der Waals surface area contributed by atoms with Crippen LogP contribution in [0.5, 0.6) is 5.75 Å². The van der Waals surface area contributed by atoms with Gasteiger partial charge in [0.2, 0.25) is 0 Å². The summed E-state index contributed by atoms with van der Waals surface area (Å²) < 4.78 is 5.74. The zero-order valence-corrected chi connectivity index (χ0v) is 16.0. The van der Waals surface area contributed by atoms with E-state index in [4.69, 9.17) is 4.74 Å². The molecule has 142 valence electrons. The number of aromatic carboxylic acids is 1. The molecule has 1 fully saturated rings. The highest BCUT2D eigenvalue weighted by Gasteiger charge is 2.36. The lowest BCUT2D eigenvalue weighted by atomic mass is 10.0. The van der Waals surface area contributed by atoms with Crippen LogP contribution in [0.2, 0.25) is 0 Å². The van der Waals surface area contributed by atoms with Crippen LogP contribution in [0.15, 0.2) is 52.5 Å². The van der Waals surface area contributed by atoms with Gasteiger partial charge in [0.15, 0.2) is 0 Å². The van der Waals surface area contributed by atoms with E-state index in [1.165, 1.54) is 31.4 Å². The molecule has 1 aliphatic rings. The van der Waals surface area contributed by atoms with Crippen LogP contribution in [0.25, 0.3) is 6.08 Å². The molecule has 2 aromatic carbocycles. The number of carboxylic acid groups (broad SMARTS) is 1. The van der Waals surface area contributed by atoms with Crippen molar-refractivity contribution in [1.29, 1.82) is 0 Å². The number of methoxy groups -OCH3 is 1. The van der Waals surface area contributed by atoms with Crippen molar-refractivity contribution in [2.75, 3.05) is 12.0 Å². The van der Waals surface area contributed by atoms with Crippen molar-refractivity contribution in [3.63, 3.8) is 0 Å². The number of hydrogen-bond acceptors (Lipinski definition) is 5. The molecule has 0 aromatic heterocycles. The number of urea groups is 1. The zero-order valence-electron chi connectivity index (χ0n) is 14.4. The van der Waals surface area contributed by atoms with Crippen molar-refractivity contribution in [3.8, 4) is 5.75 Å². The van der Waals surface area contributed by atoms with Crippen LogP contribution in [0, 0.1) is 0 Å². The van der Waals surface area contributed by atoms with E-state index >= 15 is 0 Å². The summed E-state index contributed by atoms with van der Waals surface area (Å²) in [6, 6.07) is 9.72. The van der Waals surface area contributed by atoms with Gasteiger partial charge in [0, 0.05) is 4.47 Å². The molecule has 2 aromatic rings. The Balaban J connectivity index is 2.03. The maximum atomic E-state index is 12.8. The van der Waals surface area contributed by atoms with Gasteiger partial charge in [-0.15, -0.1) is 0 Å². The van der Waals surface area contributed by atoms with E-state index in [0.29, 0.717) is 5.56 Å². The van der Waals surface area contributed by atoms with Crippen LogP contribution in [0.1, 0.15) is 15.9 Å². The molecule has 0 unspecified atom stereocenters. The van der Waals surface area contributed by atoms with E-state index in [-0.39, 0.29) is 22.6 Å². The average molecular weight is 445 g/mol. The Morgan fingerprint density at radius 1 is 1.14 bits per heavy atom. The molecule has 0 spiro atoms. The molecular weight excluding hydrogens is 432 g/mol. The first-order valence-electron chi connectivity index (χ1n) is 7.90. The Hall–Kier alpha value is -3.46. The first-order valence-corrected chi connectivity index (χ1v) is 8.69. The van der Waals surface area contributed by atoms with Crippen molar-refractivity contribution < 1.29 is 29.0 Å². The lowest BCUT2D eigenvalue weighted by Crippen LogP contribution is -2.54. The van der Waals surface area contributed by atoms with E-state index in [1.54, 1.807) is 24.3 Å². The quantitative estimate of drug-likeness (QED) is 0.553. The van der Waals surface area contributed by atoms with Crippen molar-refractivity contribution >= 4 is 51.5 Å². The Morgan fingerprint density at radius 3 is 2.43 bits per heavy atom. The number of ether oxygens (including phenoxy) is 1. The number of nitrogens with one attached hydrogen (secondary N) is 1. The summed E-state index contributed by atoms with van der Waals surface area (Å²) >= 11 is 3.27. The number of halogens is 1. The number of carboxylic acids is 1. The van der Waals surface area contributed by atoms with Crippen molar-refractivity contribution in [3.05, 3.63) is 63.6 Å². The van der Waals surface area contributed by atoms with E-state index in [1.807, 2.05) is 0 Å². The van der Waals surface area contributed by atoms with E-state index in [2.05, 4.69) is 21.2 Å². The lowest BCUT2D eigenvalue weighted by molar-refractivity contribution is -0.122. The van der Waals surface area contributed by atoms with Gasteiger partial charge in [-0.1, -0.05) is 22.0 Å². The maximum Gasteiger partial charge on any atom is 0.339 e. The van der Waals surface area contributed by atoms with Crippen LogP contribution in [-0.2, 0) is 9.59 Å².